The van der Waals surface area contributed by atoms with Gasteiger partial charge in [-0.2, -0.15) is 0 Å². The Labute approximate surface area is 197 Å². The fraction of sp³-hybridized carbons (Fsp3) is 0.417. The van der Waals surface area contributed by atoms with E-state index in [9.17, 15) is 28.5 Å². The summed E-state index contributed by atoms with van der Waals surface area (Å²) in [4.78, 5) is 0. The average Bonchev–Trinajstić information content (AvgIpc) is 3.53. The van der Waals surface area contributed by atoms with Crippen LogP contribution in [-0.4, -0.2) is 60.1 Å². The van der Waals surface area contributed by atoms with Crippen molar-refractivity contribution in [2.24, 2.45) is 5.92 Å². The number of aliphatic hydroxyl groups is 3. The number of halogens is 3. The van der Waals surface area contributed by atoms with Crippen molar-refractivity contribution >= 4 is 10.9 Å². The van der Waals surface area contributed by atoms with E-state index in [0.29, 0.717) is 11.7 Å². The lowest BCUT2D eigenvalue weighted by Gasteiger charge is -2.48. The molecule has 1 saturated heterocycles. The first-order valence-corrected chi connectivity index (χ1v) is 12.9. The minimum atomic E-state index is -1.57. The van der Waals surface area contributed by atoms with Gasteiger partial charge < -0.3 is 15.3 Å². The van der Waals surface area contributed by atoms with Crippen molar-refractivity contribution in [3.63, 3.8) is 0 Å². The van der Waals surface area contributed by atoms with Gasteiger partial charge >= 0.3 is 0 Å². The van der Waals surface area contributed by atoms with E-state index in [4.69, 9.17) is 0 Å². The van der Waals surface area contributed by atoms with Crippen LogP contribution in [0.3, 0.4) is 0 Å². The van der Waals surface area contributed by atoms with Gasteiger partial charge in [-0.15, -0.1) is 5.10 Å². The summed E-state index contributed by atoms with van der Waals surface area (Å²) in [5.41, 5.74) is 1.22. The second-order valence-corrected chi connectivity index (χ2v) is 11.6. The SMILES string of the molecule is OC[C@@H]1[C@H](O)[C@@H](n2cc(-c3cc(F)c(F)c(F)c3)nn2)[C@@H](O)C[SH]1C(c1ccccc1)C1CC1. The molecule has 10 heteroatoms. The molecule has 182 valence electrons. The molecule has 1 aliphatic heterocycles. The van der Waals surface area contributed by atoms with Gasteiger partial charge in [0.15, 0.2) is 17.5 Å². The Hall–Kier alpha value is -2.40. The number of nitrogens with zero attached hydrogens (tertiary/aromatic N) is 3. The molecular formula is C24H26F3N3O3S. The maximum absolute atomic E-state index is 13.7. The third kappa shape index (κ3) is 4.24. The monoisotopic (exact) mass is 493 g/mol. The van der Waals surface area contributed by atoms with Gasteiger partial charge in [0.05, 0.1) is 25.0 Å². The number of aliphatic hydroxyl groups excluding tert-OH is 3. The minimum Gasteiger partial charge on any atom is -0.395 e. The molecular weight excluding hydrogens is 467 g/mol. The van der Waals surface area contributed by atoms with Crippen molar-refractivity contribution in [3.05, 3.63) is 71.7 Å². The molecule has 2 unspecified atom stereocenters. The summed E-state index contributed by atoms with van der Waals surface area (Å²) >= 11 is 0. The fourth-order valence-corrected chi connectivity index (χ4v) is 8.76. The lowest BCUT2D eigenvalue weighted by molar-refractivity contribution is 0.00728. The van der Waals surface area contributed by atoms with Crippen molar-refractivity contribution in [1.29, 1.82) is 0 Å². The smallest absolute Gasteiger partial charge is 0.194 e. The van der Waals surface area contributed by atoms with E-state index in [0.717, 1.165) is 30.5 Å². The number of hydrogen-bond donors (Lipinski definition) is 4. The molecule has 1 aromatic heterocycles. The summed E-state index contributed by atoms with van der Waals surface area (Å²) in [5, 5.41) is 40.2. The highest BCUT2D eigenvalue weighted by Crippen LogP contribution is 2.61. The van der Waals surface area contributed by atoms with Gasteiger partial charge in [0.25, 0.3) is 0 Å². The zero-order valence-corrected chi connectivity index (χ0v) is 19.1. The van der Waals surface area contributed by atoms with Crippen LogP contribution >= 0.6 is 10.9 Å². The van der Waals surface area contributed by atoms with E-state index in [2.05, 4.69) is 22.4 Å². The maximum atomic E-state index is 13.7. The van der Waals surface area contributed by atoms with Crippen LogP contribution < -0.4 is 0 Å². The van der Waals surface area contributed by atoms with E-state index in [1.165, 1.54) is 10.9 Å². The first-order valence-electron chi connectivity index (χ1n) is 11.2. The number of benzene rings is 2. The fourth-order valence-electron chi connectivity index (χ4n) is 5.03. The summed E-state index contributed by atoms with van der Waals surface area (Å²) in [7, 11) is -0.949. The van der Waals surface area contributed by atoms with Gasteiger partial charge in [-0.05, 0) is 36.5 Å². The predicted molar refractivity (Wildman–Crippen MR) is 123 cm³/mol. The van der Waals surface area contributed by atoms with Crippen molar-refractivity contribution < 1.29 is 28.5 Å². The molecule has 0 amide bonds. The quantitative estimate of drug-likeness (QED) is 0.313. The van der Waals surface area contributed by atoms with Gasteiger partial charge in [-0.25, -0.2) is 28.7 Å². The molecule has 6 atom stereocenters. The molecule has 1 saturated carbocycles. The largest absolute Gasteiger partial charge is 0.395 e. The summed E-state index contributed by atoms with van der Waals surface area (Å²) < 4.78 is 41.9. The van der Waals surface area contributed by atoms with Crippen molar-refractivity contribution in [1.82, 2.24) is 15.0 Å². The predicted octanol–water partition coefficient (Wildman–Crippen LogP) is 3.15. The summed E-state index contributed by atoms with van der Waals surface area (Å²) in [6.45, 7) is -0.234. The molecule has 3 aromatic rings. The van der Waals surface area contributed by atoms with Crippen LogP contribution in [0.25, 0.3) is 11.3 Å². The standard InChI is InChI=1S/C24H26F3N3O3S/c25-16-8-15(9-17(26)21(16)27)18-10-30(29-28-18)22-19(32)12-34(20(11-31)23(22)33)24(14-6-7-14)13-4-2-1-3-5-13/h1-5,8-10,14,19-20,22-24,31-34H,6-7,11-12H2/t19-,20+,22-,23-,24?/m0/s1. The van der Waals surface area contributed by atoms with Crippen LogP contribution in [0.15, 0.2) is 48.7 Å². The third-order valence-corrected chi connectivity index (χ3v) is 10.4. The summed E-state index contributed by atoms with van der Waals surface area (Å²) in [6, 6.07) is 10.8. The number of thiol groups is 1. The molecule has 0 bridgehead atoms. The Morgan fingerprint density at radius 2 is 1.74 bits per heavy atom. The van der Waals surface area contributed by atoms with E-state index < -0.39 is 51.8 Å². The molecule has 6 nitrogen and oxygen atoms in total. The van der Waals surface area contributed by atoms with E-state index in [-0.39, 0.29) is 23.1 Å². The lowest BCUT2D eigenvalue weighted by atomic mass is 10.0. The molecule has 0 spiro atoms. The van der Waals surface area contributed by atoms with Crippen molar-refractivity contribution in [2.75, 3.05) is 12.4 Å². The highest BCUT2D eigenvalue weighted by Gasteiger charge is 2.48. The normalized spacial score (nSPS) is 29.2. The first-order chi connectivity index (χ1) is 16.4. The molecule has 2 fully saturated rings. The Morgan fingerprint density at radius 1 is 1.06 bits per heavy atom. The number of hydrogen-bond acceptors (Lipinski definition) is 5. The minimum absolute atomic E-state index is 0.0127. The van der Waals surface area contributed by atoms with Crippen molar-refractivity contribution in [2.45, 2.75) is 41.6 Å². The molecule has 2 heterocycles. The molecule has 1 aliphatic carbocycles. The third-order valence-electron chi connectivity index (χ3n) is 6.81. The van der Waals surface area contributed by atoms with Crippen LogP contribution in [0.2, 0.25) is 0 Å². The van der Waals surface area contributed by atoms with Crippen LogP contribution in [-0.2, 0) is 0 Å². The number of aromatic nitrogens is 3. The van der Waals surface area contributed by atoms with Crippen LogP contribution in [0.5, 0.6) is 0 Å². The molecule has 0 radical (unpaired) electrons. The summed E-state index contributed by atoms with van der Waals surface area (Å²) in [6.07, 6.45) is 1.49. The molecule has 34 heavy (non-hydrogen) atoms. The van der Waals surface area contributed by atoms with Crippen LogP contribution in [0.4, 0.5) is 13.2 Å². The molecule has 2 aromatic carbocycles. The van der Waals surface area contributed by atoms with E-state index in [1.807, 2.05) is 18.2 Å². The molecule has 2 aliphatic rings. The van der Waals surface area contributed by atoms with Gasteiger partial charge in [0, 0.05) is 21.8 Å². The second kappa shape index (κ2) is 9.33. The summed E-state index contributed by atoms with van der Waals surface area (Å²) in [5.74, 6) is -3.38. The second-order valence-electron chi connectivity index (χ2n) is 9.03. The Bertz CT molecular complexity index is 1140. The van der Waals surface area contributed by atoms with Gasteiger partial charge in [-0.1, -0.05) is 35.5 Å². The van der Waals surface area contributed by atoms with Crippen LogP contribution in [0.1, 0.15) is 29.7 Å². The first kappa shape index (κ1) is 23.3. The van der Waals surface area contributed by atoms with E-state index in [1.54, 1.807) is 0 Å². The highest BCUT2D eigenvalue weighted by atomic mass is 32.2. The van der Waals surface area contributed by atoms with Gasteiger partial charge in [-0.3, -0.25) is 0 Å². The molecule has 3 N–H and O–H groups in total. The van der Waals surface area contributed by atoms with Crippen molar-refractivity contribution in [3.8, 4) is 11.3 Å². The van der Waals surface area contributed by atoms with Gasteiger partial charge in [0.2, 0.25) is 0 Å². The van der Waals surface area contributed by atoms with Gasteiger partial charge in [0.1, 0.15) is 11.7 Å². The zero-order valence-electron chi connectivity index (χ0n) is 18.2. The average molecular weight is 494 g/mol. The maximum Gasteiger partial charge on any atom is 0.194 e. The highest BCUT2D eigenvalue weighted by molar-refractivity contribution is 8.17. The number of rotatable bonds is 6. The Morgan fingerprint density at radius 3 is 2.35 bits per heavy atom. The Kier molecular flexibility index (Phi) is 6.41. The molecule has 5 rings (SSSR count). The van der Waals surface area contributed by atoms with Crippen LogP contribution in [0, 0.1) is 23.4 Å². The Balaban J connectivity index is 1.43. The lowest BCUT2D eigenvalue weighted by Crippen LogP contribution is -2.50. The topological polar surface area (TPSA) is 91.4 Å². The van der Waals surface area contributed by atoms with E-state index >= 15 is 0 Å². The zero-order chi connectivity index (χ0) is 24.0.